The fraction of sp³-hybridized carbons (Fsp3) is 0.571. The number of allylic oxidation sites excluding steroid dienone is 1. The van der Waals surface area contributed by atoms with Crippen LogP contribution >= 0.6 is 0 Å². The number of carboxylic acid groups (broad SMARTS) is 1. The van der Waals surface area contributed by atoms with Crippen LogP contribution in [-0.2, 0) is 17.4 Å². The van der Waals surface area contributed by atoms with Crippen molar-refractivity contribution in [2.75, 3.05) is 6.61 Å². The van der Waals surface area contributed by atoms with E-state index in [4.69, 9.17) is 9.84 Å². The molecule has 1 saturated carbocycles. The molecule has 2 aliphatic rings. The molecule has 3 nitrogen and oxygen atoms in total. The van der Waals surface area contributed by atoms with E-state index in [1.165, 1.54) is 24.5 Å². The lowest BCUT2D eigenvalue weighted by Crippen LogP contribution is -2.15. The molecule has 28 heavy (non-hydrogen) atoms. The van der Waals surface area contributed by atoms with E-state index in [9.17, 15) is 22.4 Å². The second-order valence-electron chi connectivity index (χ2n) is 7.56. The maximum Gasteiger partial charge on any atom is 0.419 e. The molecule has 0 unspecified atom stereocenters. The van der Waals surface area contributed by atoms with Crippen LogP contribution in [0.2, 0.25) is 0 Å². The minimum Gasteiger partial charge on any atom is -0.486 e. The van der Waals surface area contributed by atoms with Gasteiger partial charge in [0, 0.05) is 6.42 Å². The Labute approximate surface area is 161 Å². The van der Waals surface area contributed by atoms with Crippen LogP contribution in [0.1, 0.15) is 62.5 Å². The first kappa shape index (κ1) is 20.7. The average molecular weight is 400 g/mol. The first-order valence-electron chi connectivity index (χ1n) is 9.71. The van der Waals surface area contributed by atoms with Crippen molar-refractivity contribution in [2.45, 2.75) is 64.0 Å². The molecular weight excluding hydrogens is 376 g/mol. The van der Waals surface area contributed by atoms with Crippen molar-refractivity contribution in [3.8, 4) is 5.75 Å². The van der Waals surface area contributed by atoms with Gasteiger partial charge in [-0.3, -0.25) is 4.79 Å². The lowest BCUT2D eigenvalue weighted by molar-refractivity contribution is -0.142. The number of hydrogen-bond donors (Lipinski definition) is 1. The number of rotatable bonds is 7. The van der Waals surface area contributed by atoms with Crippen LogP contribution in [-0.4, -0.2) is 17.7 Å². The van der Waals surface area contributed by atoms with Gasteiger partial charge in [0.2, 0.25) is 0 Å². The van der Waals surface area contributed by atoms with Gasteiger partial charge in [0.25, 0.3) is 0 Å². The lowest BCUT2D eigenvalue weighted by atomic mass is 9.94. The maximum atomic E-state index is 14.6. The van der Waals surface area contributed by atoms with Gasteiger partial charge in [0.1, 0.15) is 6.61 Å². The van der Waals surface area contributed by atoms with Crippen LogP contribution in [0.3, 0.4) is 0 Å². The molecule has 0 atom stereocenters. The zero-order valence-corrected chi connectivity index (χ0v) is 15.6. The standard InChI is InChI=1S/C21H24F4O3/c22-20-17(10-8-14(9-11-18(26)27)19(20)21(23,24)25)28-12-15-6-3-7-16(15)13-4-1-2-5-13/h8,10,13H,1-7,9,11-12H2,(H,26,27). The van der Waals surface area contributed by atoms with E-state index < -0.39 is 42.1 Å². The highest BCUT2D eigenvalue weighted by Gasteiger charge is 2.38. The van der Waals surface area contributed by atoms with Gasteiger partial charge >= 0.3 is 12.1 Å². The van der Waals surface area contributed by atoms with Crippen LogP contribution < -0.4 is 4.74 Å². The Bertz CT molecular complexity index is 762. The summed E-state index contributed by atoms with van der Waals surface area (Å²) in [6.07, 6.45) is 1.72. The average Bonchev–Trinajstić information content (AvgIpc) is 3.28. The van der Waals surface area contributed by atoms with Gasteiger partial charge < -0.3 is 9.84 Å². The van der Waals surface area contributed by atoms with E-state index in [-0.39, 0.29) is 12.2 Å². The first-order chi connectivity index (χ1) is 13.3. The minimum atomic E-state index is -4.92. The molecule has 0 radical (unpaired) electrons. The van der Waals surface area contributed by atoms with Gasteiger partial charge in [0.15, 0.2) is 11.6 Å². The SMILES string of the molecule is O=C(O)CCc1ccc(OCC2=C(C3CCCC3)CCC2)c(F)c1C(F)(F)F. The third-order valence-corrected chi connectivity index (χ3v) is 5.71. The van der Waals surface area contributed by atoms with Crippen molar-refractivity contribution in [2.24, 2.45) is 5.92 Å². The van der Waals surface area contributed by atoms with E-state index in [0.717, 1.165) is 43.7 Å². The van der Waals surface area contributed by atoms with E-state index in [0.29, 0.717) is 5.92 Å². The third-order valence-electron chi connectivity index (χ3n) is 5.71. The van der Waals surface area contributed by atoms with E-state index in [1.54, 1.807) is 0 Å². The summed E-state index contributed by atoms with van der Waals surface area (Å²) in [4.78, 5) is 10.7. The number of carboxylic acids is 1. The predicted octanol–water partition coefficient (Wildman–Crippen LogP) is 5.91. The molecule has 7 heteroatoms. The van der Waals surface area contributed by atoms with Crippen molar-refractivity contribution in [1.29, 1.82) is 0 Å². The number of ether oxygens (including phenoxy) is 1. The summed E-state index contributed by atoms with van der Waals surface area (Å²) in [5.41, 5.74) is 0.649. The van der Waals surface area contributed by atoms with Crippen molar-refractivity contribution in [3.63, 3.8) is 0 Å². The molecule has 2 aliphatic carbocycles. The molecule has 0 heterocycles. The van der Waals surface area contributed by atoms with E-state index in [1.807, 2.05) is 0 Å². The highest BCUT2D eigenvalue weighted by atomic mass is 19.4. The molecule has 1 N–H and O–H groups in total. The molecule has 0 amide bonds. The smallest absolute Gasteiger partial charge is 0.419 e. The van der Waals surface area contributed by atoms with Crippen molar-refractivity contribution < 1.29 is 32.2 Å². The van der Waals surface area contributed by atoms with Gasteiger partial charge in [-0.2, -0.15) is 13.2 Å². The number of aliphatic carboxylic acids is 1. The summed E-state index contributed by atoms with van der Waals surface area (Å²) in [5, 5.41) is 8.71. The first-order valence-corrected chi connectivity index (χ1v) is 9.71. The predicted molar refractivity (Wildman–Crippen MR) is 95.7 cm³/mol. The second kappa shape index (κ2) is 8.53. The van der Waals surface area contributed by atoms with Crippen LogP contribution in [0.4, 0.5) is 17.6 Å². The Morgan fingerprint density at radius 3 is 2.50 bits per heavy atom. The lowest BCUT2D eigenvalue weighted by Gasteiger charge is -2.18. The normalized spacial score (nSPS) is 18.1. The number of carbonyl (C=O) groups is 1. The molecule has 0 aliphatic heterocycles. The molecule has 3 rings (SSSR count). The Hall–Kier alpha value is -2.05. The van der Waals surface area contributed by atoms with Gasteiger partial charge in [0.05, 0.1) is 5.56 Å². The zero-order chi connectivity index (χ0) is 20.3. The molecular formula is C21H24F4O3. The second-order valence-corrected chi connectivity index (χ2v) is 7.56. The summed E-state index contributed by atoms with van der Waals surface area (Å²) >= 11 is 0. The molecule has 1 aromatic rings. The highest BCUT2D eigenvalue weighted by molar-refractivity contribution is 5.67. The number of aryl methyl sites for hydroxylation is 1. The summed E-state index contributed by atoms with van der Waals surface area (Å²) in [6, 6.07) is 2.29. The number of halogens is 4. The fourth-order valence-electron chi connectivity index (χ4n) is 4.39. The Morgan fingerprint density at radius 1 is 1.14 bits per heavy atom. The van der Waals surface area contributed by atoms with Crippen molar-refractivity contribution >= 4 is 5.97 Å². The molecule has 154 valence electrons. The van der Waals surface area contributed by atoms with Gasteiger partial charge in [-0.15, -0.1) is 0 Å². The summed E-state index contributed by atoms with van der Waals surface area (Å²) in [6.45, 7) is 0.106. The van der Waals surface area contributed by atoms with E-state index in [2.05, 4.69) is 0 Å². The summed E-state index contributed by atoms with van der Waals surface area (Å²) < 4.78 is 60.2. The Balaban J connectivity index is 1.80. The van der Waals surface area contributed by atoms with Crippen LogP contribution in [0.25, 0.3) is 0 Å². The van der Waals surface area contributed by atoms with Gasteiger partial charge in [-0.05, 0) is 61.6 Å². The largest absolute Gasteiger partial charge is 0.486 e. The fourth-order valence-corrected chi connectivity index (χ4v) is 4.39. The van der Waals surface area contributed by atoms with Crippen molar-refractivity contribution in [3.05, 3.63) is 40.2 Å². The summed E-state index contributed by atoms with van der Waals surface area (Å²) in [5.74, 6) is -2.59. The summed E-state index contributed by atoms with van der Waals surface area (Å²) in [7, 11) is 0. The van der Waals surface area contributed by atoms with Crippen molar-refractivity contribution in [1.82, 2.24) is 0 Å². The number of hydrogen-bond acceptors (Lipinski definition) is 2. The maximum absolute atomic E-state index is 14.6. The molecule has 0 bridgehead atoms. The quantitative estimate of drug-likeness (QED) is 0.457. The van der Waals surface area contributed by atoms with Gasteiger partial charge in [-0.25, -0.2) is 4.39 Å². The van der Waals surface area contributed by atoms with Gasteiger partial charge in [-0.1, -0.05) is 24.5 Å². The van der Waals surface area contributed by atoms with E-state index >= 15 is 0 Å². The monoisotopic (exact) mass is 400 g/mol. The molecule has 1 aromatic carbocycles. The topological polar surface area (TPSA) is 46.5 Å². The molecule has 1 fully saturated rings. The molecule has 0 aromatic heterocycles. The highest BCUT2D eigenvalue weighted by Crippen LogP contribution is 2.41. The Morgan fingerprint density at radius 2 is 1.86 bits per heavy atom. The van der Waals surface area contributed by atoms with Crippen LogP contribution in [0.15, 0.2) is 23.3 Å². The van der Waals surface area contributed by atoms with Crippen LogP contribution in [0.5, 0.6) is 5.75 Å². The van der Waals surface area contributed by atoms with Crippen LogP contribution in [0, 0.1) is 11.7 Å². The zero-order valence-electron chi connectivity index (χ0n) is 15.6. The minimum absolute atomic E-state index is 0.106. The number of alkyl halides is 3. The third kappa shape index (κ3) is 4.67. The Kier molecular flexibility index (Phi) is 6.30. The number of benzene rings is 1. The molecule has 0 spiro atoms. The molecule has 0 saturated heterocycles.